The summed E-state index contributed by atoms with van der Waals surface area (Å²) in [4.78, 5) is 0. The third-order valence-electron chi connectivity index (χ3n) is 9.04. The summed E-state index contributed by atoms with van der Waals surface area (Å²) in [6.45, 7) is 5.22. The van der Waals surface area contributed by atoms with Gasteiger partial charge in [0.1, 0.15) is 79.4 Å². The van der Waals surface area contributed by atoms with Crippen LogP contribution in [0.2, 0.25) is 0 Å². The number of ether oxygens (including phenoxy) is 7. The quantitative estimate of drug-likeness (QED) is 0.0967. The second-order valence-corrected chi connectivity index (χ2v) is 13.5. The monoisotopic (exact) mass is 673 g/mol. The third kappa shape index (κ3) is 8.35. The Balaban J connectivity index is 1.37. The Morgan fingerprint density at radius 1 is 0.609 bits per heavy atom. The fourth-order valence-corrected chi connectivity index (χ4v) is 6.48. The zero-order chi connectivity index (χ0) is 34.1. The molecule has 46 heavy (non-hydrogen) atoms. The molecule has 0 bridgehead atoms. The maximum Gasteiger partial charge on any atom is 0.186 e. The molecule has 0 aromatic heterocycles. The lowest BCUT2D eigenvalue weighted by atomic mass is 9.86. The predicted octanol–water partition coefficient (Wildman–Crippen LogP) is -5.13. The molecule has 0 spiro atoms. The van der Waals surface area contributed by atoms with E-state index in [2.05, 4.69) is 0 Å². The van der Waals surface area contributed by atoms with Crippen molar-refractivity contribution in [2.75, 3.05) is 33.0 Å². The fourth-order valence-electron chi connectivity index (χ4n) is 6.48. The molecule has 0 aliphatic carbocycles. The van der Waals surface area contributed by atoms with Crippen molar-refractivity contribution < 1.29 is 84.3 Å². The molecular weight excluding hydrogens is 622 g/mol. The van der Waals surface area contributed by atoms with E-state index in [9.17, 15) is 46.0 Å². The molecule has 0 amide bonds. The van der Waals surface area contributed by atoms with Gasteiger partial charge in [0.25, 0.3) is 0 Å². The standard InChI is InChI=1S/C28H51NO17/c1-27(2,45-15-9-40-14(6-29-39)18(34)19(15)35)24-21(37)20(36)16(10-42-24)46-28(3,4)25-22(38)23(13(32)8-41-25)44-26-17(33)12(31)5-11(30)7-43-26/h11-26,29-39H,5-10H2,1-4H3/t11?,12?,13-,14+,15-,16-,17?,18?,19?,20?,21?,22?,23?,24-,25-,26+/m1/s1. The Kier molecular flexibility index (Phi) is 12.8. The largest absolute Gasteiger partial charge is 0.391 e. The maximum absolute atomic E-state index is 11.2. The normalized spacial score (nSPS) is 46.6. The first-order valence-corrected chi connectivity index (χ1v) is 15.5. The van der Waals surface area contributed by atoms with Gasteiger partial charge in [0.05, 0.1) is 49.8 Å². The van der Waals surface area contributed by atoms with Crippen LogP contribution in [0.25, 0.3) is 0 Å². The average molecular weight is 674 g/mol. The first-order chi connectivity index (χ1) is 21.5. The van der Waals surface area contributed by atoms with Crippen molar-refractivity contribution in [2.45, 2.75) is 143 Å². The predicted molar refractivity (Wildman–Crippen MR) is 150 cm³/mol. The van der Waals surface area contributed by atoms with E-state index in [1.54, 1.807) is 27.7 Å². The molecule has 11 N–H and O–H groups in total. The highest BCUT2D eigenvalue weighted by molar-refractivity contribution is 5.01. The number of aliphatic hydroxyl groups excluding tert-OH is 9. The van der Waals surface area contributed by atoms with Crippen LogP contribution in [0.15, 0.2) is 0 Å². The molecule has 4 saturated heterocycles. The van der Waals surface area contributed by atoms with Crippen LogP contribution in [0.5, 0.6) is 0 Å². The molecule has 4 fully saturated rings. The topological polar surface area (TPSA) is 279 Å². The Morgan fingerprint density at radius 2 is 1.15 bits per heavy atom. The molecule has 0 aromatic rings. The van der Waals surface area contributed by atoms with Crippen molar-refractivity contribution in [1.29, 1.82) is 0 Å². The van der Waals surface area contributed by atoms with Crippen LogP contribution in [0.4, 0.5) is 0 Å². The van der Waals surface area contributed by atoms with Gasteiger partial charge in [-0.2, -0.15) is 0 Å². The highest BCUT2D eigenvalue weighted by atomic mass is 16.7. The second kappa shape index (κ2) is 15.4. The Hall–Kier alpha value is -0.720. The number of nitrogens with one attached hydrogen (secondary N) is 1. The van der Waals surface area contributed by atoms with E-state index in [4.69, 9.17) is 38.4 Å². The smallest absolute Gasteiger partial charge is 0.186 e. The number of aliphatic hydroxyl groups is 9. The summed E-state index contributed by atoms with van der Waals surface area (Å²) < 4.78 is 40.3. The van der Waals surface area contributed by atoms with Crippen LogP contribution in [-0.4, -0.2) is 193 Å². The van der Waals surface area contributed by atoms with Crippen molar-refractivity contribution in [3.8, 4) is 0 Å². The van der Waals surface area contributed by atoms with Crippen molar-refractivity contribution in [3.63, 3.8) is 0 Å². The molecule has 18 nitrogen and oxygen atoms in total. The highest BCUT2D eigenvalue weighted by Crippen LogP contribution is 2.36. The highest BCUT2D eigenvalue weighted by Gasteiger charge is 2.54. The zero-order valence-corrected chi connectivity index (χ0v) is 26.3. The van der Waals surface area contributed by atoms with E-state index in [1.807, 2.05) is 5.48 Å². The van der Waals surface area contributed by atoms with Gasteiger partial charge in [0, 0.05) is 13.0 Å². The van der Waals surface area contributed by atoms with E-state index in [1.165, 1.54) is 0 Å². The van der Waals surface area contributed by atoms with Crippen molar-refractivity contribution >= 4 is 0 Å². The Bertz CT molecular complexity index is 961. The van der Waals surface area contributed by atoms with Gasteiger partial charge in [0.2, 0.25) is 0 Å². The van der Waals surface area contributed by atoms with E-state index in [0.29, 0.717) is 0 Å². The van der Waals surface area contributed by atoms with Crippen molar-refractivity contribution in [1.82, 2.24) is 5.48 Å². The fraction of sp³-hybridized carbons (Fsp3) is 1.00. The lowest BCUT2D eigenvalue weighted by Crippen LogP contribution is -2.66. The van der Waals surface area contributed by atoms with Crippen LogP contribution in [0, 0.1) is 0 Å². The van der Waals surface area contributed by atoms with E-state index >= 15 is 0 Å². The van der Waals surface area contributed by atoms with Crippen LogP contribution >= 0.6 is 0 Å². The SMILES string of the molecule is CC(C)(O[C@@H]1CO[C@@H](C(C)(C)O[C@@H]2CO[C@@H](CNO)C(O)C2O)C(O)C1O)[C@@H]1OC[C@@H](O)C(O[C@@H]2OCC(O)CC(O)C2O)C1O. The van der Waals surface area contributed by atoms with Gasteiger partial charge in [-0.05, 0) is 27.7 Å². The summed E-state index contributed by atoms with van der Waals surface area (Å²) >= 11 is 0. The number of rotatable bonds is 10. The molecule has 0 aromatic carbocycles. The molecular formula is C28H51NO17. The summed E-state index contributed by atoms with van der Waals surface area (Å²) in [6, 6.07) is 0. The Morgan fingerprint density at radius 3 is 1.76 bits per heavy atom. The molecule has 16 atom stereocenters. The molecule has 270 valence electrons. The lowest BCUT2D eigenvalue weighted by Gasteiger charge is -2.50. The average Bonchev–Trinajstić information content (AvgIpc) is 3.09. The molecule has 9 unspecified atom stereocenters. The minimum atomic E-state index is -1.57. The molecule has 4 rings (SSSR count). The van der Waals surface area contributed by atoms with Gasteiger partial charge in [-0.3, -0.25) is 0 Å². The van der Waals surface area contributed by atoms with Gasteiger partial charge in [-0.1, -0.05) is 0 Å². The van der Waals surface area contributed by atoms with Crippen LogP contribution in [0.1, 0.15) is 34.1 Å². The summed E-state index contributed by atoms with van der Waals surface area (Å²) in [6.07, 6.45) is -21.0. The Labute approximate surface area is 266 Å². The maximum atomic E-state index is 11.2. The number of hydrogen-bond donors (Lipinski definition) is 11. The molecule has 0 radical (unpaired) electrons. The first-order valence-electron chi connectivity index (χ1n) is 15.5. The van der Waals surface area contributed by atoms with E-state index in [-0.39, 0.29) is 39.4 Å². The minimum absolute atomic E-state index is 0.118. The number of hydroxylamine groups is 1. The van der Waals surface area contributed by atoms with E-state index in [0.717, 1.165) is 0 Å². The molecule has 4 heterocycles. The number of hydrogen-bond acceptors (Lipinski definition) is 18. The molecule has 18 heteroatoms. The summed E-state index contributed by atoms with van der Waals surface area (Å²) in [5.41, 5.74) is -0.807. The zero-order valence-electron chi connectivity index (χ0n) is 26.3. The molecule has 4 aliphatic rings. The first kappa shape index (κ1) is 38.1. The molecule has 4 aliphatic heterocycles. The molecule has 0 saturated carbocycles. The van der Waals surface area contributed by atoms with Crippen LogP contribution in [0.3, 0.4) is 0 Å². The summed E-state index contributed by atoms with van der Waals surface area (Å²) in [5.74, 6) is 0. The van der Waals surface area contributed by atoms with Gasteiger partial charge >= 0.3 is 0 Å². The van der Waals surface area contributed by atoms with Gasteiger partial charge in [-0.15, -0.1) is 0 Å². The third-order valence-corrected chi connectivity index (χ3v) is 9.04. The lowest BCUT2D eigenvalue weighted by molar-refractivity contribution is -0.317. The van der Waals surface area contributed by atoms with Gasteiger partial charge in [-0.25, -0.2) is 5.48 Å². The van der Waals surface area contributed by atoms with Gasteiger partial charge in [0.15, 0.2) is 6.29 Å². The summed E-state index contributed by atoms with van der Waals surface area (Å²) in [7, 11) is 0. The van der Waals surface area contributed by atoms with Crippen LogP contribution < -0.4 is 5.48 Å². The van der Waals surface area contributed by atoms with Gasteiger partial charge < -0.3 is 84.3 Å². The van der Waals surface area contributed by atoms with Crippen molar-refractivity contribution in [3.05, 3.63) is 0 Å². The second-order valence-electron chi connectivity index (χ2n) is 13.5. The van der Waals surface area contributed by atoms with Crippen LogP contribution in [-0.2, 0) is 33.2 Å². The summed E-state index contributed by atoms with van der Waals surface area (Å²) in [5, 5.41) is 104. The van der Waals surface area contributed by atoms with Crippen molar-refractivity contribution in [2.24, 2.45) is 0 Å². The minimum Gasteiger partial charge on any atom is -0.391 e. The van der Waals surface area contributed by atoms with E-state index < -0.39 is 109 Å².